The van der Waals surface area contributed by atoms with Gasteiger partial charge >= 0.3 is 0 Å². The minimum Gasteiger partial charge on any atom is -0.726 e. The second kappa shape index (κ2) is 13.5. The van der Waals surface area contributed by atoms with Gasteiger partial charge in [-0.25, -0.2) is 8.42 Å². The molecule has 0 aromatic heterocycles. The Morgan fingerprint density at radius 3 is 1.58 bits per heavy atom. The van der Waals surface area contributed by atoms with Crippen molar-refractivity contribution in [2.75, 3.05) is 30.3 Å². The zero-order valence-electron chi connectivity index (χ0n) is 17.6. The standard InChI is InChI=1S/C21H27N3O2.H2O4S/c1-3-24(4-2)16-15-19(20(25)22-17-11-7-5-8-12-17)21(26)23-18-13-9-6-10-14-18;1-5(2,3)4/h5-14,19H,3-4,15-16H2,1-2H3,(H,22,25)(H,23,26);(H2,1,2,3,4). The fourth-order valence-corrected chi connectivity index (χ4v) is 2.83. The van der Waals surface area contributed by atoms with E-state index < -0.39 is 16.3 Å². The van der Waals surface area contributed by atoms with E-state index in [1.54, 1.807) is 0 Å². The summed E-state index contributed by atoms with van der Waals surface area (Å²) in [5.41, 5.74) is 1.40. The van der Waals surface area contributed by atoms with Gasteiger partial charge in [-0.2, -0.15) is 0 Å². The Balaban J connectivity index is 0.000000861. The third-order valence-corrected chi connectivity index (χ3v) is 4.50. The molecule has 170 valence electrons. The molecule has 0 bridgehead atoms. The van der Waals surface area contributed by atoms with Gasteiger partial charge in [0.05, 0.1) is 19.6 Å². The lowest BCUT2D eigenvalue weighted by Crippen LogP contribution is -3.11. The molecule has 9 nitrogen and oxygen atoms in total. The molecule has 0 saturated heterocycles. The molecule has 2 aromatic carbocycles. The van der Waals surface area contributed by atoms with Crippen molar-refractivity contribution in [2.24, 2.45) is 5.92 Å². The number of benzene rings is 2. The molecule has 0 fully saturated rings. The SMILES string of the molecule is CC[NH+](CC)CCC(C(=O)Nc1ccccc1)C(=O)Nc1ccccc1.O=S(=O)([O-])O. The summed E-state index contributed by atoms with van der Waals surface area (Å²) in [6.45, 7) is 6.96. The maximum Gasteiger partial charge on any atom is 0.237 e. The molecule has 0 aliphatic heterocycles. The fraction of sp³-hybridized carbons (Fsp3) is 0.333. The van der Waals surface area contributed by atoms with Crippen LogP contribution in [0, 0.1) is 5.92 Å². The van der Waals surface area contributed by atoms with Crippen molar-refractivity contribution < 1.29 is 32.0 Å². The van der Waals surface area contributed by atoms with Gasteiger partial charge in [0.15, 0.2) is 0 Å². The number of carbonyl (C=O) groups is 2. The first-order valence-corrected chi connectivity index (χ1v) is 11.2. The van der Waals surface area contributed by atoms with E-state index in [2.05, 4.69) is 24.5 Å². The van der Waals surface area contributed by atoms with E-state index in [-0.39, 0.29) is 11.8 Å². The van der Waals surface area contributed by atoms with E-state index in [9.17, 15) is 9.59 Å². The molecule has 2 amide bonds. The quantitative estimate of drug-likeness (QED) is 0.257. The topological polar surface area (TPSA) is 140 Å². The van der Waals surface area contributed by atoms with Gasteiger partial charge < -0.3 is 20.1 Å². The largest absolute Gasteiger partial charge is 0.726 e. The summed E-state index contributed by atoms with van der Waals surface area (Å²) >= 11 is 0. The number of para-hydroxylation sites is 2. The van der Waals surface area contributed by atoms with Crippen molar-refractivity contribution in [1.29, 1.82) is 0 Å². The lowest BCUT2D eigenvalue weighted by molar-refractivity contribution is -0.896. The van der Waals surface area contributed by atoms with E-state index in [0.717, 1.165) is 19.6 Å². The number of amides is 2. The molecule has 4 N–H and O–H groups in total. The lowest BCUT2D eigenvalue weighted by Gasteiger charge is -2.20. The lowest BCUT2D eigenvalue weighted by atomic mass is 10.0. The van der Waals surface area contributed by atoms with Gasteiger partial charge in [0, 0.05) is 17.8 Å². The first kappa shape index (κ1) is 26.2. The predicted molar refractivity (Wildman–Crippen MR) is 117 cm³/mol. The van der Waals surface area contributed by atoms with E-state index in [1.807, 2.05) is 60.7 Å². The molecule has 0 atom stereocenters. The molecular weight excluding hydrogens is 422 g/mol. The second-order valence-electron chi connectivity index (χ2n) is 6.69. The van der Waals surface area contributed by atoms with Crippen LogP contribution in [0.15, 0.2) is 60.7 Å². The van der Waals surface area contributed by atoms with Crippen molar-refractivity contribution in [3.8, 4) is 0 Å². The van der Waals surface area contributed by atoms with Crippen molar-refractivity contribution in [3.05, 3.63) is 60.7 Å². The molecule has 0 aliphatic carbocycles. The number of anilines is 2. The average molecular weight is 452 g/mol. The average Bonchev–Trinajstić information content (AvgIpc) is 2.71. The van der Waals surface area contributed by atoms with Crippen LogP contribution in [0.25, 0.3) is 0 Å². The maximum absolute atomic E-state index is 12.8. The number of quaternary nitrogens is 1. The third-order valence-electron chi connectivity index (χ3n) is 4.50. The van der Waals surface area contributed by atoms with Crippen LogP contribution in [-0.4, -0.2) is 49.0 Å². The fourth-order valence-electron chi connectivity index (χ4n) is 2.83. The summed E-state index contributed by atoms with van der Waals surface area (Å²) < 4.78 is 32.8. The maximum atomic E-state index is 12.8. The third kappa shape index (κ3) is 11.8. The minimum absolute atomic E-state index is 0.267. The monoisotopic (exact) mass is 451 g/mol. The molecule has 0 spiro atoms. The summed E-state index contributed by atoms with van der Waals surface area (Å²) in [4.78, 5) is 26.9. The summed E-state index contributed by atoms with van der Waals surface area (Å²) in [5, 5.41) is 5.72. The Hall–Kier alpha value is -2.79. The van der Waals surface area contributed by atoms with E-state index in [0.29, 0.717) is 17.8 Å². The van der Waals surface area contributed by atoms with Gasteiger partial charge in [-0.05, 0) is 38.1 Å². The molecule has 0 heterocycles. The molecule has 0 unspecified atom stereocenters. The van der Waals surface area contributed by atoms with Gasteiger partial charge in [0.1, 0.15) is 5.92 Å². The van der Waals surface area contributed by atoms with Crippen molar-refractivity contribution in [1.82, 2.24) is 0 Å². The Morgan fingerprint density at radius 2 is 1.26 bits per heavy atom. The molecule has 0 aliphatic rings. The Kier molecular flexibility index (Phi) is 11.4. The van der Waals surface area contributed by atoms with Crippen LogP contribution in [-0.2, 0) is 20.0 Å². The van der Waals surface area contributed by atoms with Crippen molar-refractivity contribution in [2.45, 2.75) is 20.3 Å². The number of nitrogens with one attached hydrogen (secondary N) is 3. The number of rotatable bonds is 9. The normalized spacial score (nSPS) is 10.9. The Morgan fingerprint density at radius 1 is 0.903 bits per heavy atom. The van der Waals surface area contributed by atoms with Gasteiger partial charge in [0.2, 0.25) is 22.2 Å². The first-order chi connectivity index (χ1) is 14.6. The molecule has 31 heavy (non-hydrogen) atoms. The van der Waals surface area contributed by atoms with E-state index >= 15 is 0 Å². The molecular formula is C21H29N3O6S. The van der Waals surface area contributed by atoms with E-state index in [1.165, 1.54) is 4.90 Å². The summed E-state index contributed by atoms with van der Waals surface area (Å²) in [7, 11) is -4.92. The highest BCUT2D eigenvalue weighted by Crippen LogP contribution is 2.13. The Bertz CT molecular complexity index is 842. The highest BCUT2D eigenvalue weighted by atomic mass is 32.3. The summed E-state index contributed by atoms with van der Waals surface area (Å²) in [6, 6.07) is 18.5. The van der Waals surface area contributed by atoms with Crippen LogP contribution < -0.4 is 15.5 Å². The summed E-state index contributed by atoms with van der Waals surface area (Å²) in [6.07, 6.45) is 0.508. The van der Waals surface area contributed by atoms with Crippen LogP contribution in [0.1, 0.15) is 20.3 Å². The molecule has 2 aromatic rings. The highest BCUT2D eigenvalue weighted by molar-refractivity contribution is 7.79. The minimum atomic E-state index is -4.92. The number of carbonyl (C=O) groups excluding carboxylic acids is 2. The second-order valence-corrected chi connectivity index (χ2v) is 7.54. The van der Waals surface area contributed by atoms with Crippen molar-refractivity contribution in [3.63, 3.8) is 0 Å². The zero-order valence-corrected chi connectivity index (χ0v) is 18.4. The van der Waals surface area contributed by atoms with Crippen LogP contribution in [0.2, 0.25) is 0 Å². The van der Waals surface area contributed by atoms with Crippen LogP contribution in [0.4, 0.5) is 11.4 Å². The molecule has 10 heteroatoms. The summed E-state index contributed by atoms with van der Waals surface area (Å²) in [5.74, 6) is -1.27. The van der Waals surface area contributed by atoms with E-state index in [4.69, 9.17) is 17.5 Å². The molecule has 0 saturated carbocycles. The predicted octanol–water partition coefficient (Wildman–Crippen LogP) is 1.20. The van der Waals surface area contributed by atoms with Gasteiger partial charge in [0.25, 0.3) is 0 Å². The van der Waals surface area contributed by atoms with Crippen LogP contribution >= 0.6 is 0 Å². The Labute approximate surface area is 183 Å². The number of hydrogen-bond acceptors (Lipinski definition) is 5. The van der Waals surface area contributed by atoms with Crippen molar-refractivity contribution >= 4 is 33.6 Å². The zero-order chi connectivity index (χ0) is 23.3. The molecule has 0 radical (unpaired) electrons. The van der Waals surface area contributed by atoms with Gasteiger partial charge in [-0.1, -0.05) is 36.4 Å². The smallest absolute Gasteiger partial charge is 0.237 e. The van der Waals surface area contributed by atoms with Crippen LogP contribution in [0.5, 0.6) is 0 Å². The highest BCUT2D eigenvalue weighted by Gasteiger charge is 2.28. The van der Waals surface area contributed by atoms with Gasteiger partial charge in [-0.3, -0.25) is 14.1 Å². The first-order valence-electron chi connectivity index (χ1n) is 9.87. The van der Waals surface area contributed by atoms with Crippen LogP contribution in [0.3, 0.4) is 0 Å². The molecule has 2 rings (SSSR count). The number of hydrogen-bond donors (Lipinski definition) is 4. The van der Waals surface area contributed by atoms with Gasteiger partial charge in [-0.15, -0.1) is 0 Å².